The minimum atomic E-state index is -0.321. The first-order valence-corrected chi connectivity index (χ1v) is 8.71. The maximum Gasteiger partial charge on any atom is 0.253 e. The zero-order valence-corrected chi connectivity index (χ0v) is 15.9. The lowest BCUT2D eigenvalue weighted by atomic mass is 10.1. The van der Waals surface area contributed by atoms with Crippen LogP contribution in [0.25, 0.3) is 10.9 Å². The Kier molecular flexibility index (Phi) is 5.16. The molecule has 2 amide bonds. The summed E-state index contributed by atoms with van der Waals surface area (Å²) in [7, 11) is 1.54. The van der Waals surface area contributed by atoms with Gasteiger partial charge in [0.1, 0.15) is 5.75 Å². The number of hydrogen-bond donors (Lipinski definition) is 3. The van der Waals surface area contributed by atoms with E-state index in [9.17, 15) is 9.59 Å². The van der Waals surface area contributed by atoms with Gasteiger partial charge in [0.05, 0.1) is 30.4 Å². The van der Waals surface area contributed by atoms with E-state index in [1.54, 1.807) is 19.2 Å². The Hall–Kier alpha value is -3.28. The average Bonchev–Trinajstić information content (AvgIpc) is 2.94. The summed E-state index contributed by atoms with van der Waals surface area (Å²) in [6.07, 6.45) is 0. The molecule has 0 aliphatic carbocycles. The molecule has 3 aromatic rings. The van der Waals surface area contributed by atoms with Crippen LogP contribution in [0.5, 0.6) is 5.75 Å². The van der Waals surface area contributed by atoms with Gasteiger partial charge in [0.25, 0.3) is 5.91 Å². The second-order valence-electron chi connectivity index (χ2n) is 6.54. The van der Waals surface area contributed by atoms with Crippen LogP contribution in [-0.4, -0.2) is 30.5 Å². The number of ether oxygens (including phenoxy) is 1. The molecular weight excluding hydrogens is 342 g/mol. The quantitative estimate of drug-likeness (QED) is 0.647. The zero-order valence-electron chi connectivity index (χ0n) is 15.9. The molecule has 3 rings (SSSR count). The highest BCUT2D eigenvalue weighted by Crippen LogP contribution is 2.25. The maximum absolute atomic E-state index is 12.6. The number of carbonyl (C=O) groups is 2. The molecule has 27 heavy (non-hydrogen) atoms. The third kappa shape index (κ3) is 3.79. The molecule has 1 heterocycles. The highest BCUT2D eigenvalue weighted by Gasteiger charge is 2.15. The molecule has 0 spiro atoms. The number of aromatic nitrogens is 1. The first-order valence-electron chi connectivity index (χ1n) is 8.71. The summed E-state index contributed by atoms with van der Waals surface area (Å²) in [5.41, 5.74) is 5.02. The molecule has 0 aliphatic rings. The van der Waals surface area contributed by atoms with Gasteiger partial charge in [0.15, 0.2) is 0 Å². The molecule has 0 radical (unpaired) electrons. The van der Waals surface area contributed by atoms with Crippen molar-refractivity contribution in [1.82, 2.24) is 10.3 Å². The van der Waals surface area contributed by atoms with E-state index in [1.807, 2.05) is 45.0 Å². The van der Waals surface area contributed by atoms with E-state index < -0.39 is 0 Å². The van der Waals surface area contributed by atoms with E-state index in [-0.39, 0.29) is 18.4 Å². The first kappa shape index (κ1) is 18.5. The standard InChI is InChI=1S/C21H23N3O3/c1-12-8-9-18(27-4)17(10-12)24-19(25)11-22-21(26)16-7-5-6-15-13(2)14(3)23-20(15)16/h5-10,23H,11H2,1-4H3,(H,22,26)(H,24,25). The lowest BCUT2D eigenvalue weighted by Gasteiger charge is -2.11. The minimum absolute atomic E-state index is 0.134. The van der Waals surface area contributed by atoms with Gasteiger partial charge in [-0.3, -0.25) is 9.59 Å². The summed E-state index contributed by atoms with van der Waals surface area (Å²) in [5.74, 6) is -0.0474. The van der Waals surface area contributed by atoms with Crippen molar-refractivity contribution in [2.24, 2.45) is 0 Å². The molecule has 2 aromatic carbocycles. The molecule has 0 aliphatic heterocycles. The number of para-hydroxylation sites is 1. The first-order chi connectivity index (χ1) is 12.9. The van der Waals surface area contributed by atoms with Gasteiger partial charge in [0, 0.05) is 11.1 Å². The third-order valence-electron chi connectivity index (χ3n) is 4.63. The number of rotatable bonds is 5. The Balaban J connectivity index is 1.70. The van der Waals surface area contributed by atoms with Gasteiger partial charge < -0.3 is 20.4 Å². The third-order valence-corrected chi connectivity index (χ3v) is 4.63. The predicted octanol–water partition coefficient (Wildman–Crippen LogP) is 3.47. The number of methoxy groups -OCH3 is 1. The lowest BCUT2D eigenvalue weighted by Crippen LogP contribution is -2.33. The van der Waals surface area contributed by atoms with E-state index in [2.05, 4.69) is 15.6 Å². The SMILES string of the molecule is COc1ccc(C)cc1NC(=O)CNC(=O)c1cccc2c(C)c(C)[nH]c12. The van der Waals surface area contributed by atoms with Crippen LogP contribution in [0.3, 0.4) is 0 Å². The molecule has 0 bridgehead atoms. The van der Waals surface area contributed by atoms with E-state index in [0.717, 1.165) is 27.7 Å². The van der Waals surface area contributed by atoms with E-state index >= 15 is 0 Å². The van der Waals surface area contributed by atoms with Crippen molar-refractivity contribution in [2.75, 3.05) is 19.0 Å². The number of anilines is 1. The van der Waals surface area contributed by atoms with Gasteiger partial charge in [-0.05, 0) is 50.1 Å². The van der Waals surface area contributed by atoms with Crippen LogP contribution < -0.4 is 15.4 Å². The molecule has 0 unspecified atom stereocenters. The van der Waals surface area contributed by atoms with E-state index in [4.69, 9.17) is 4.74 Å². The number of carbonyl (C=O) groups excluding carboxylic acids is 2. The van der Waals surface area contributed by atoms with Gasteiger partial charge in [-0.2, -0.15) is 0 Å². The fraction of sp³-hybridized carbons (Fsp3) is 0.238. The summed E-state index contributed by atoms with van der Waals surface area (Å²) < 4.78 is 5.25. The Bertz CT molecular complexity index is 1020. The smallest absolute Gasteiger partial charge is 0.253 e. The number of fused-ring (bicyclic) bond motifs is 1. The molecule has 0 saturated heterocycles. The summed E-state index contributed by atoms with van der Waals surface area (Å²) >= 11 is 0. The Morgan fingerprint density at radius 3 is 2.63 bits per heavy atom. The van der Waals surface area contributed by atoms with Crippen LogP contribution in [0.2, 0.25) is 0 Å². The van der Waals surface area contributed by atoms with Crippen LogP contribution in [0.4, 0.5) is 5.69 Å². The van der Waals surface area contributed by atoms with Gasteiger partial charge in [0.2, 0.25) is 5.91 Å². The van der Waals surface area contributed by atoms with Gasteiger partial charge in [-0.15, -0.1) is 0 Å². The van der Waals surface area contributed by atoms with Crippen molar-refractivity contribution in [2.45, 2.75) is 20.8 Å². The van der Waals surface area contributed by atoms with Gasteiger partial charge in [-0.1, -0.05) is 18.2 Å². The van der Waals surface area contributed by atoms with Crippen molar-refractivity contribution >= 4 is 28.4 Å². The van der Waals surface area contributed by atoms with Crippen molar-refractivity contribution in [3.05, 3.63) is 58.8 Å². The highest BCUT2D eigenvalue weighted by atomic mass is 16.5. The Morgan fingerprint density at radius 2 is 1.89 bits per heavy atom. The summed E-state index contributed by atoms with van der Waals surface area (Å²) in [6, 6.07) is 11.1. The van der Waals surface area contributed by atoms with Crippen LogP contribution in [0.1, 0.15) is 27.2 Å². The van der Waals surface area contributed by atoms with Crippen molar-refractivity contribution in [1.29, 1.82) is 0 Å². The van der Waals surface area contributed by atoms with E-state index in [0.29, 0.717) is 17.0 Å². The molecule has 0 atom stereocenters. The number of benzene rings is 2. The summed E-state index contributed by atoms with van der Waals surface area (Å²) in [5, 5.41) is 6.46. The number of aromatic amines is 1. The van der Waals surface area contributed by atoms with Crippen molar-refractivity contribution in [3.8, 4) is 5.75 Å². The number of hydrogen-bond acceptors (Lipinski definition) is 3. The molecule has 1 aromatic heterocycles. The molecule has 3 N–H and O–H groups in total. The van der Waals surface area contributed by atoms with Crippen LogP contribution in [-0.2, 0) is 4.79 Å². The van der Waals surface area contributed by atoms with E-state index in [1.165, 1.54) is 0 Å². The topological polar surface area (TPSA) is 83.2 Å². The van der Waals surface area contributed by atoms with Gasteiger partial charge in [-0.25, -0.2) is 0 Å². The van der Waals surface area contributed by atoms with Gasteiger partial charge >= 0.3 is 0 Å². The maximum atomic E-state index is 12.6. The fourth-order valence-electron chi connectivity index (χ4n) is 3.04. The Morgan fingerprint density at radius 1 is 1.11 bits per heavy atom. The minimum Gasteiger partial charge on any atom is -0.495 e. The summed E-state index contributed by atoms with van der Waals surface area (Å²) in [6.45, 7) is 5.78. The molecular formula is C21H23N3O3. The van der Waals surface area contributed by atoms with Crippen molar-refractivity contribution in [3.63, 3.8) is 0 Å². The largest absolute Gasteiger partial charge is 0.495 e. The van der Waals surface area contributed by atoms with Crippen LogP contribution in [0, 0.1) is 20.8 Å². The second kappa shape index (κ2) is 7.53. The average molecular weight is 365 g/mol. The molecule has 140 valence electrons. The monoisotopic (exact) mass is 365 g/mol. The predicted molar refractivity (Wildman–Crippen MR) is 106 cm³/mol. The molecule has 6 heteroatoms. The normalized spacial score (nSPS) is 10.7. The number of nitrogens with one attached hydrogen (secondary N) is 3. The van der Waals surface area contributed by atoms with Crippen LogP contribution >= 0.6 is 0 Å². The molecule has 0 saturated carbocycles. The Labute approximate surface area is 157 Å². The number of aryl methyl sites for hydroxylation is 3. The highest BCUT2D eigenvalue weighted by molar-refractivity contribution is 6.08. The molecule has 0 fully saturated rings. The molecule has 6 nitrogen and oxygen atoms in total. The fourth-order valence-corrected chi connectivity index (χ4v) is 3.04. The van der Waals surface area contributed by atoms with Crippen molar-refractivity contribution < 1.29 is 14.3 Å². The number of amides is 2. The zero-order chi connectivity index (χ0) is 19.6. The second-order valence-corrected chi connectivity index (χ2v) is 6.54. The van der Waals surface area contributed by atoms with Crippen LogP contribution in [0.15, 0.2) is 36.4 Å². The lowest BCUT2D eigenvalue weighted by molar-refractivity contribution is -0.115. The summed E-state index contributed by atoms with van der Waals surface area (Å²) in [4.78, 5) is 28.1. The number of H-pyrrole nitrogens is 1.